The topological polar surface area (TPSA) is 66.5 Å². The van der Waals surface area contributed by atoms with Crippen LogP contribution < -0.4 is 5.32 Å². The number of nitrogens with one attached hydrogen (secondary N) is 1. The lowest BCUT2D eigenvalue weighted by molar-refractivity contribution is -0.145. The SMILES string of the molecule is C[C@@H]1SCC(=O)N(CC(=O)Nc2cccc(Cl)c2)C1=O. The lowest BCUT2D eigenvalue weighted by Crippen LogP contribution is -2.49. The number of carbonyl (C=O) groups is 3. The predicted octanol–water partition coefficient (Wildman–Crippen LogP) is 1.77. The summed E-state index contributed by atoms with van der Waals surface area (Å²) in [5.41, 5.74) is 0.529. The fourth-order valence-electron chi connectivity index (χ4n) is 1.76. The fourth-order valence-corrected chi connectivity index (χ4v) is 2.77. The van der Waals surface area contributed by atoms with Crippen molar-refractivity contribution in [1.29, 1.82) is 0 Å². The molecule has 0 spiro atoms. The van der Waals surface area contributed by atoms with Crippen LogP contribution >= 0.6 is 23.4 Å². The number of amides is 3. The highest BCUT2D eigenvalue weighted by Crippen LogP contribution is 2.20. The van der Waals surface area contributed by atoms with E-state index in [1.54, 1.807) is 31.2 Å². The summed E-state index contributed by atoms with van der Waals surface area (Å²) in [6.07, 6.45) is 0. The summed E-state index contributed by atoms with van der Waals surface area (Å²) >= 11 is 7.09. The van der Waals surface area contributed by atoms with Gasteiger partial charge in [-0.25, -0.2) is 0 Å². The third-order valence-corrected chi connectivity index (χ3v) is 4.13. The molecule has 0 aliphatic carbocycles. The smallest absolute Gasteiger partial charge is 0.244 e. The highest BCUT2D eigenvalue weighted by atomic mass is 35.5. The molecule has 5 nitrogen and oxygen atoms in total. The maximum Gasteiger partial charge on any atom is 0.244 e. The number of anilines is 1. The van der Waals surface area contributed by atoms with Gasteiger partial charge in [0.05, 0.1) is 11.0 Å². The molecule has 0 saturated carbocycles. The van der Waals surface area contributed by atoms with E-state index < -0.39 is 5.91 Å². The van der Waals surface area contributed by atoms with Crippen LogP contribution in [0.4, 0.5) is 5.69 Å². The third kappa shape index (κ3) is 3.52. The fraction of sp³-hybridized carbons (Fsp3) is 0.308. The zero-order valence-corrected chi connectivity index (χ0v) is 12.3. The zero-order valence-electron chi connectivity index (χ0n) is 10.8. The van der Waals surface area contributed by atoms with E-state index in [1.165, 1.54) is 11.8 Å². The van der Waals surface area contributed by atoms with Crippen molar-refractivity contribution in [3.63, 3.8) is 0 Å². The van der Waals surface area contributed by atoms with E-state index in [0.717, 1.165) is 4.90 Å². The predicted molar refractivity (Wildman–Crippen MR) is 78.7 cm³/mol. The van der Waals surface area contributed by atoms with Gasteiger partial charge in [0.2, 0.25) is 17.7 Å². The Bertz CT molecular complexity index is 564. The summed E-state index contributed by atoms with van der Waals surface area (Å²) in [6, 6.07) is 6.67. The molecule has 1 aromatic rings. The van der Waals surface area contributed by atoms with E-state index in [-0.39, 0.29) is 29.4 Å². The van der Waals surface area contributed by atoms with Crippen molar-refractivity contribution in [2.75, 3.05) is 17.6 Å². The Morgan fingerprint density at radius 1 is 1.50 bits per heavy atom. The van der Waals surface area contributed by atoms with Crippen LogP contribution in [-0.4, -0.2) is 40.2 Å². The van der Waals surface area contributed by atoms with Crippen molar-refractivity contribution < 1.29 is 14.4 Å². The standard InChI is InChI=1S/C13H13ClN2O3S/c1-8-13(19)16(12(18)7-20-8)6-11(17)15-10-4-2-3-9(14)5-10/h2-5,8H,6-7H2,1H3,(H,15,17)/t8-/m0/s1. The minimum absolute atomic E-state index is 0.220. The Kier molecular flexibility index (Phi) is 4.67. The highest BCUT2D eigenvalue weighted by Gasteiger charge is 2.33. The molecule has 106 valence electrons. The van der Waals surface area contributed by atoms with E-state index in [4.69, 9.17) is 11.6 Å². The first-order valence-electron chi connectivity index (χ1n) is 5.98. The molecule has 0 bridgehead atoms. The molecule has 1 heterocycles. The van der Waals surface area contributed by atoms with Crippen molar-refractivity contribution in [1.82, 2.24) is 4.90 Å². The Hall–Kier alpha value is -1.53. The first kappa shape index (κ1) is 14.9. The molecular weight excluding hydrogens is 300 g/mol. The van der Waals surface area contributed by atoms with Gasteiger partial charge in [0.15, 0.2) is 0 Å². The van der Waals surface area contributed by atoms with Gasteiger partial charge in [-0.05, 0) is 25.1 Å². The third-order valence-electron chi connectivity index (χ3n) is 2.78. The van der Waals surface area contributed by atoms with E-state index in [1.807, 2.05) is 0 Å². The summed E-state index contributed by atoms with van der Waals surface area (Å²) in [5, 5.41) is 2.81. The van der Waals surface area contributed by atoms with Crippen molar-refractivity contribution >= 4 is 46.8 Å². The van der Waals surface area contributed by atoms with Crippen LogP contribution in [0, 0.1) is 0 Å². The molecule has 3 amide bonds. The van der Waals surface area contributed by atoms with Gasteiger partial charge in [0.1, 0.15) is 6.54 Å². The number of hydrogen-bond acceptors (Lipinski definition) is 4. The Balaban J connectivity index is 2.00. The lowest BCUT2D eigenvalue weighted by atomic mass is 10.3. The van der Waals surface area contributed by atoms with Crippen LogP contribution in [0.1, 0.15) is 6.92 Å². The van der Waals surface area contributed by atoms with E-state index >= 15 is 0 Å². The lowest BCUT2D eigenvalue weighted by Gasteiger charge is -2.27. The van der Waals surface area contributed by atoms with Gasteiger partial charge in [0.25, 0.3) is 0 Å². The minimum atomic E-state index is -0.423. The molecular formula is C13H13ClN2O3S. The number of imide groups is 1. The summed E-state index contributed by atoms with van der Waals surface area (Å²) < 4.78 is 0. The average Bonchev–Trinajstić information content (AvgIpc) is 2.39. The number of benzene rings is 1. The van der Waals surface area contributed by atoms with Gasteiger partial charge in [-0.3, -0.25) is 19.3 Å². The summed E-state index contributed by atoms with van der Waals surface area (Å²) in [5.74, 6) is -0.864. The largest absolute Gasteiger partial charge is 0.324 e. The second-order valence-electron chi connectivity index (χ2n) is 4.33. The molecule has 0 aromatic heterocycles. The van der Waals surface area contributed by atoms with Crippen molar-refractivity contribution in [3.8, 4) is 0 Å². The number of carbonyl (C=O) groups excluding carboxylic acids is 3. The van der Waals surface area contributed by atoms with Gasteiger partial charge in [-0.2, -0.15) is 0 Å². The first-order chi connectivity index (χ1) is 9.47. The number of halogens is 1. The van der Waals surface area contributed by atoms with Crippen LogP contribution in [0.2, 0.25) is 5.02 Å². The highest BCUT2D eigenvalue weighted by molar-refractivity contribution is 8.01. The summed E-state index contributed by atoms with van der Waals surface area (Å²) in [4.78, 5) is 36.4. The molecule has 7 heteroatoms. The molecule has 0 unspecified atom stereocenters. The van der Waals surface area contributed by atoms with E-state index in [0.29, 0.717) is 10.7 Å². The molecule has 1 aliphatic rings. The van der Waals surface area contributed by atoms with Gasteiger partial charge in [-0.1, -0.05) is 17.7 Å². The maximum atomic E-state index is 11.9. The van der Waals surface area contributed by atoms with Crippen LogP contribution in [0.15, 0.2) is 24.3 Å². The molecule has 20 heavy (non-hydrogen) atoms. The van der Waals surface area contributed by atoms with Crippen molar-refractivity contribution in [2.45, 2.75) is 12.2 Å². The second kappa shape index (κ2) is 6.28. The maximum absolute atomic E-state index is 11.9. The molecule has 1 N–H and O–H groups in total. The summed E-state index contributed by atoms with van der Waals surface area (Å²) in [6.45, 7) is 1.45. The Morgan fingerprint density at radius 2 is 2.25 bits per heavy atom. The van der Waals surface area contributed by atoms with E-state index in [2.05, 4.69) is 5.32 Å². The second-order valence-corrected chi connectivity index (χ2v) is 6.10. The molecule has 1 aliphatic heterocycles. The van der Waals surface area contributed by atoms with Crippen molar-refractivity contribution in [2.24, 2.45) is 0 Å². The van der Waals surface area contributed by atoms with Crippen LogP contribution in [0.3, 0.4) is 0 Å². The van der Waals surface area contributed by atoms with Crippen LogP contribution in [0.25, 0.3) is 0 Å². The average molecular weight is 313 g/mol. The normalized spacial score (nSPS) is 19.1. The van der Waals surface area contributed by atoms with Gasteiger partial charge < -0.3 is 5.32 Å². The quantitative estimate of drug-likeness (QED) is 0.864. The number of nitrogens with zero attached hydrogens (tertiary/aromatic N) is 1. The Morgan fingerprint density at radius 3 is 2.95 bits per heavy atom. The molecule has 1 fully saturated rings. The summed E-state index contributed by atoms with van der Waals surface area (Å²) in [7, 11) is 0. The molecule has 1 aromatic carbocycles. The first-order valence-corrected chi connectivity index (χ1v) is 7.41. The van der Waals surface area contributed by atoms with E-state index in [9.17, 15) is 14.4 Å². The van der Waals surface area contributed by atoms with Crippen LogP contribution in [0.5, 0.6) is 0 Å². The van der Waals surface area contributed by atoms with Gasteiger partial charge in [0, 0.05) is 10.7 Å². The van der Waals surface area contributed by atoms with Gasteiger partial charge in [-0.15, -0.1) is 11.8 Å². The molecule has 1 saturated heterocycles. The zero-order chi connectivity index (χ0) is 14.7. The van der Waals surface area contributed by atoms with Crippen molar-refractivity contribution in [3.05, 3.63) is 29.3 Å². The molecule has 2 rings (SSSR count). The number of hydrogen-bond donors (Lipinski definition) is 1. The molecule has 1 atom stereocenters. The monoisotopic (exact) mass is 312 g/mol. The van der Waals surface area contributed by atoms with Crippen LogP contribution in [-0.2, 0) is 14.4 Å². The van der Waals surface area contributed by atoms with Gasteiger partial charge >= 0.3 is 0 Å². The Labute approximate surface area is 125 Å². The number of thioether (sulfide) groups is 1. The minimum Gasteiger partial charge on any atom is -0.324 e. The number of rotatable bonds is 3. The molecule has 0 radical (unpaired) electrons.